The molecule has 0 saturated carbocycles. The SMILES string of the molecule is CC1(C)CCCN(C(N)=O)CC1. The Hall–Kier alpha value is -0.730. The highest BCUT2D eigenvalue weighted by molar-refractivity contribution is 5.71. The second-order valence-corrected chi connectivity index (χ2v) is 4.34. The summed E-state index contributed by atoms with van der Waals surface area (Å²) in [5.74, 6) is 0. The summed E-state index contributed by atoms with van der Waals surface area (Å²) in [7, 11) is 0. The number of likely N-dealkylation sites (tertiary alicyclic amines) is 1. The minimum Gasteiger partial charge on any atom is -0.351 e. The molecule has 0 radical (unpaired) electrons. The average molecular weight is 170 g/mol. The molecule has 1 aliphatic rings. The van der Waals surface area contributed by atoms with Gasteiger partial charge in [-0.3, -0.25) is 0 Å². The number of rotatable bonds is 0. The average Bonchev–Trinajstić information content (AvgIpc) is 2.10. The number of urea groups is 1. The normalized spacial score (nSPS) is 23.3. The van der Waals surface area contributed by atoms with Crippen LogP contribution in [0.4, 0.5) is 4.79 Å². The van der Waals surface area contributed by atoms with Crippen molar-refractivity contribution in [3.8, 4) is 0 Å². The molecule has 0 aromatic heterocycles. The van der Waals surface area contributed by atoms with E-state index in [9.17, 15) is 4.79 Å². The molecule has 1 aliphatic heterocycles. The standard InChI is InChI=1S/C9H18N2O/c1-9(2)4-3-6-11(7-5-9)8(10)12/h3-7H2,1-2H3,(H2,10,12). The highest BCUT2D eigenvalue weighted by Crippen LogP contribution is 2.29. The van der Waals surface area contributed by atoms with Crippen LogP contribution in [0.3, 0.4) is 0 Å². The van der Waals surface area contributed by atoms with Crippen LogP contribution in [0.25, 0.3) is 0 Å². The molecule has 70 valence electrons. The largest absolute Gasteiger partial charge is 0.351 e. The summed E-state index contributed by atoms with van der Waals surface area (Å²) in [6.07, 6.45) is 3.34. The van der Waals surface area contributed by atoms with Crippen LogP contribution in [0.1, 0.15) is 33.1 Å². The van der Waals surface area contributed by atoms with Crippen molar-refractivity contribution < 1.29 is 4.79 Å². The van der Waals surface area contributed by atoms with E-state index in [1.165, 1.54) is 6.42 Å². The summed E-state index contributed by atoms with van der Waals surface area (Å²) in [5.41, 5.74) is 5.59. The van der Waals surface area contributed by atoms with Gasteiger partial charge >= 0.3 is 6.03 Å². The van der Waals surface area contributed by atoms with Gasteiger partial charge in [-0.25, -0.2) is 4.79 Å². The van der Waals surface area contributed by atoms with Crippen LogP contribution < -0.4 is 5.73 Å². The fraction of sp³-hybridized carbons (Fsp3) is 0.889. The fourth-order valence-corrected chi connectivity index (χ4v) is 1.64. The zero-order valence-electron chi connectivity index (χ0n) is 7.97. The summed E-state index contributed by atoms with van der Waals surface area (Å²) >= 11 is 0. The van der Waals surface area contributed by atoms with E-state index in [-0.39, 0.29) is 6.03 Å². The first-order chi connectivity index (χ1) is 5.51. The van der Waals surface area contributed by atoms with Gasteiger partial charge in [-0.2, -0.15) is 0 Å². The van der Waals surface area contributed by atoms with Gasteiger partial charge in [0.1, 0.15) is 0 Å². The number of nitrogens with two attached hydrogens (primary N) is 1. The molecule has 1 heterocycles. The van der Waals surface area contributed by atoms with E-state index >= 15 is 0 Å². The van der Waals surface area contributed by atoms with E-state index in [1.54, 1.807) is 4.90 Å². The van der Waals surface area contributed by atoms with Crippen LogP contribution in [-0.4, -0.2) is 24.0 Å². The molecule has 12 heavy (non-hydrogen) atoms. The highest BCUT2D eigenvalue weighted by atomic mass is 16.2. The molecule has 1 fully saturated rings. The lowest BCUT2D eigenvalue weighted by Gasteiger charge is -2.22. The van der Waals surface area contributed by atoms with E-state index in [4.69, 9.17) is 5.73 Å². The third-order valence-corrected chi connectivity index (χ3v) is 2.65. The third kappa shape index (κ3) is 2.40. The van der Waals surface area contributed by atoms with Crippen molar-refractivity contribution in [2.24, 2.45) is 11.1 Å². The molecule has 0 aromatic rings. The van der Waals surface area contributed by atoms with Crippen LogP contribution in [0.2, 0.25) is 0 Å². The Bertz CT molecular complexity index is 177. The van der Waals surface area contributed by atoms with Crippen molar-refractivity contribution in [3.63, 3.8) is 0 Å². The molecule has 0 unspecified atom stereocenters. The Morgan fingerprint density at radius 2 is 2.00 bits per heavy atom. The lowest BCUT2D eigenvalue weighted by atomic mass is 9.85. The molecule has 0 aliphatic carbocycles. The number of carbonyl (C=O) groups excluding carboxylic acids is 1. The van der Waals surface area contributed by atoms with Crippen molar-refractivity contribution in [2.45, 2.75) is 33.1 Å². The van der Waals surface area contributed by atoms with Gasteiger partial charge < -0.3 is 10.6 Å². The zero-order valence-corrected chi connectivity index (χ0v) is 7.97. The Kier molecular flexibility index (Phi) is 2.60. The van der Waals surface area contributed by atoms with Crippen LogP contribution >= 0.6 is 0 Å². The van der Waals surface area contributed by atoms with Crippen molar-refractivity contribution in [1.29, 1.82) is 0 Å². The predicted molar refractivity (Wildman–Crippen MR) is 48.8 cm³/mol. The summed E-state index contributed by atoms with van der Waals surface area (Å²) in [6.45, 7) is 6.15. The van der Waals surface area contributed by atoms with Crippen molar-refractivity contribution >= 4 is 6.03 Å². The third-order valence-electron chi connectivity index (χ3n) is 2.65. The maximum absolute atomic E-state index is 10.9. The Labute approximate surface area is 73.9 Å². The molecule has 0 atom stereocenters. The molecule has 0 spiro atoms. The Balaban J connectivity index is 2.50. The van der Waals surface area contributed by atoms with Gasteiger partial charge in [0.15, 0.2) is 0 Å². The van der Waals surface area contributed by atoms with Crippen LogP contribution in [0.15, 0.2) is 0 Å². The maximum Gasteiger partial charge on any atom is 0.314 e. The number of primary amides is 1. The summed E-state index contributed by atoms with van der Waals surface area (Å²) in [6, 6.07) is -0.271. The van der Waals surface area contributed by atoms with Crippen LogP contribution in [0.5, 0.6) is 0 Å². The predicted octanol–water partition coefficient (Wildman–Crippen LogP) is 1.58. The first kappa shape index (κ1) is 9.36. The van der Waals surface area contributed by atoms with E-state index < -0.39 is 0 Å². The van der Waals surface area contributed by atoms with Gasteiger partial charge in [0, 0.05) is 13.1 Å². The summed E-state index contributed by atoms with van der Waals surface area (Å²) < 4.78 is 0. The molecular weight excluding hydrogens is 152 g/mol. The summed E-state index contributed by atoms with van der Waals surface area (Å²) in [5, 5.41) is 0. The number of hydrogen-bond donors (Lipinski definition) is 1. The maximum atomic E-state index is 10.9. The minimum absolute atomic E-state index is 0.271. The van der Waals surface area contributed by atoms with Gasteiger partial charge in [0.2, 0.25) is 0 Å². The quantitative estimate of drug-likeness (QED) is 0.589. The number of hydrogen-bond acceptors (Lipinski definition) is 1. The summed E-state index contributed by atoms with van der Waals surface area (Å²) in [4.78, 5) is 12.6. The highest BCUT2D eigenvalue weighted by Gasteiger charge is 2.23. The zero-order chi connectivity index (χ0) is 9.19. The van der Waals surface area contributed by atoms with Gasteiger partial charge in [0.05, 0.1) is 0 Å². The van der Waals surface area contributed by atoms with Crippen molar-refractivity contribution in [1.82, 2.24) is 4.90 Å². The lowest BCUT2D eigenvalue weighted by molar-refractivity contribution is 0.207. The van der Waals surface area contributed by atoms with Crippen LogP contribution in [-0.2, 0) is 0 Å². The molecule has 3 nitrogen and oxygen atoms in total. The van der Waals surface area contributed by atoms with E-state index in [0.717, 1.165) is 25.9 Å². The van der Waals surface area contributed by atoms with Gasteiger partial charge in [-0.05, 0) is 24.7 Å². The molecule has 3 heteroatoms. The van der Waals surface area contributed by atoms with E-state index in [1.807, 2.05) is 0 Å². The van der Waals surface area contributed by atoms with E-state index in [2.05, 4.69) is 13.8 Å². The Morgan fingerprint density at radius 3 is 2.58 bits per heavy atom. The Morgan fingerprint density at radius 1 is 1.33 bits per heavy atom. The number of carbonyl (C=O) groups is 1. The second kappa shape index (κ2) is 3.33. The smallest absolute Gasteiger partial charge is 0.314 e. The molecule has 0 bridgehead atoms. The number of nitrogens with zero attached hydrogens (tertiary/aromatic N) is 1. The topological polar surface area (TPSA) is 46.3 Å². The second-order valence-electron chi connectivity index (χ2n) is 4.34. The first-order valence-electron chi connectivity index (χ1n) is 4.56. The van der Waals surface area contributed by atoms with Gasteiger partial charge in [-0.15, -0.1) is 0 Å². The minimum atomic E-state index is -0.271. The fourth-order valence-electron chi connectivity index (χ4n) is 1.64. The van der Waals surface area contributed by atoms with Crippen molar-refractivity contribution in [2.75, 3.05) is 13.1 Å². The molecule has 1 rings (SSSR count). The molecular formula is C9H18N2O. The van der Waals surface area contributed by atoms with Crippen LogP contribution in [0, 0.1) is 5.41 Å². The van der Waals surface area contributed by atoms with E-state index in [0.29, 0.717) is 5.41 Å². The monoisotopic (exact) mass is 170 g/mol. The lowest BCUT2D eigenvalue weighted by Crippen LogP contribution is -2.36. The van der Waals surface area contributed by atoms with Gasteiger partial charge in [-0.1, -0.05) is 13.8 Å². The number of amides is 2. The van der Waals surface area contributed by atoms with Crippen molar-refractivity contribution in [3.05, 3.63) is 0 Å². The molecule has 2 amide bonds. The first-order valence-corrected chi connectivity index (χ1v) is 4.56. The van der Waals surface area contributed by atoms with Gasteiger partial charge in [0.25, 0.3) is 0 Å². The molecule has 2 N–H and O–H groups in total. The molecule has 0 aromatic carbocycles. The molecule has 1 saturated heterocycles.